The molecule has 0 atom stereocenters. The molecule has 2 rings (SSSR count). The second-order valence-corrected chi connectivity index (χ2v) is 6.99. The van der Waals surface area contributed by atoms with E-state index in [-0.39, 0.29) is 6.54 Å². The van der Waals surface area contributed by atoms with E-state index in [2.05, 4.69) is 4.72 Å². The fourth-order valence-electron chi connectivity index (χ4n) is 2.45. The lowest BCUT2D eigenvalue weighted by Crippen LogP contribution is -2.41. The fraction of sp³-hybridized carbons (Fsp3) is 0.538. The van der Waals surface area contributed by atoms with Crippen molar-refractivity contribution in [3.05, 3.63) is 29.8 Å². The molecule has 0 bridgehead atoms. The Bertz CT molecular complexity index is 607. The van der Waals surface area contributed by atoms with Gasteiger partial charge < -0.3 is 5.11 Å². The molecule has 8 heteroatoms. The lowest BCUT2D eigenvalue weighted by atomic mass is 10.0. The molecular weight excluding hydrogens is 307 g/mol. The summed E-state index contributed by atoms with van der Waals surface area (Å²) in [5, 5.41) is 10.1. The molecule has 1 aliphatic rings. The Morgan fingerprint density at radius 3 is 2.33 bits per heavy atom. The Labute approximate surface area is 121 Å². The number of alkyl halides is 3. The normalized spacial score (nSPS) is 18.9. The first kappa shape index (κ1) is 16.3. The van der Waals surface area contributed by atoms with E-state index in [0.717, 1.165) is 31.0 Å². The molecule has 1 aromatic rings. The highest BCUT2D eigenvalue weighted by atomic mass is 32.2. The molecule has 2 N–H and O–H groups in total. The Morgan fingerprint density at radius 1 is 1.19 bits per heavy atom. The summed E-state index contributed by atoms with van der Waals surface area (Å²) in [5.41, 5.74) is -2.38. The minimum atomic E-state index is -4.75. The van der Waals surface area contributed by atoms with Crippen molar-refractivity contribution in [3.8, 4) is 0 Å². The van der Waals surface area contributed by atoms with Crippen LogP contribution in [0, 0.1) is 0 Å². The highest BCUT2D eigenvalue weighted by Gasteiger charge is 2.38. The van der Waals surface area contributed by atoms with Gasteiger partial charge in [0, 0.05) is 6.54 Å². The Morgan fingerprint density at radius 2 is 1.76 bits per heavy atom. The van der Waals surface area contributed by atoms with E-state index in [1.807, 2.05) is 0 Å². The summed E-state index contributed by atoms with van der Waals surface area (Å²) in [6.07, 6.45) is -2.32. The van der Waals surface area contributed by atoms with Crippen molar-refractivity contribution < 1.29 is 26.7 Å². The van der Waals surface area contributed by atoms with Crippen molar-refractivity contribution in [1.29, 1.82) is 0 Å². The third kappa shape index (κ3) is 3.75. The van der Waals surface area contributed by atoms with Crippen molar-refractivity contribution in [2.45, 2.75) is 42.4 Å². The van der Waals surface area contributed by atoms with Crippen LogP contribution in [0.5, 0.6) is 0 Å². The van der Waals surface area contributed by atoms with Crippen LogP contribution in [0.2, 0.25) is 0 Å². The molecule has 0 aliphatic heterocycles. The average Bonchev–Trinajstić information content (AvgIpc) is 2.83. The smallest absolute Gasteiger partial charge is 0.389 e. The summed E-state index contributed by atoms with van der Waals surface area (Å²) in [6.45, 7) is -0.276. The van der Waals surface area contributed by atoms with Crippen molar-refractivity contribution >= 4 is 10.0 Å². The molecule has 21 heavy (non-hydrogen) atoms. The quantitative estimate of drug-likeness (QED) is 0.893. The minimum Gasteiger partial charge on any atom is -0.389 e. The van der Waals surface area contributed by atoms with E-state index >= 15 is 0 Å². The lowest BCUT2D eigenvalue weighted by molar-refractivity contribution is -0.139. The van der Waals surface area contributed by atoms with Crippen LogP contribution in [-0.4, -0.2) is 25.7 Å². The fourth-order valence-corrected chi connectivity index (χ4v) is 3.80. The molecule has 118 valence electrons. The summed E-state index contributed by atoms with van der Waals surface area (Å²) in [7, 11) is -4.33. The maximum absolute atomic E-state index is 12.9. The molecule has 0 unspecified atom stereocenters. The maximum atomic E-state index is 12.9. The SMILES string of the molecule is O=S(=O)(NCC1(O)CCCC1)c1ccccc1C(F)(F)F. The first-order valence-corrected chi connectivity index (χ1v) is 8.01. The number of aliphatic hydroxyl groups is 1. The standard InChI is InChI=1S/C13H16F3NO3S/c14-13(15,16)10-5-1-2-6-11(10)21(19,20)17-9-12(18)7-3-4-8-12/h1-2,5-6,17-18H,3-4,7-9H2. The van der Waals surface area contributed by atoms with E-state index in [0.29, 0.717) is 12.8 Å². The van der Waals surface area contributed by atoms with Gasteiger partial charge in [0.1, 0.15) is 0 Å². The summed E-state index contributed by atoms with van der Waals surface area (Å²) in [5.74, 6) is 0. The van der Waals surface area contributed by atoms with Crippen molar-refractivity contribution in [3.63, 3.8) is 0 Å². The molecule has 0 aromatic heterocycles. The molecule has 0 saturated heterocycles. The topological polar surface area (TPSA) is 66.4 Å². The first-order chi connectivity index (χ1) is 9.64. The van der Waals surface area contributed by atoms with Crippen molar-refractivity contribution in [2.24, 2.45) is 0 Å². The van der Waals surface area contributed by atoms with Gasteiger partial charge in [-0.25, -0.2) is 13.1 Å². The van der Waals surface area contributed by atoms with Gasteiger partial charge in [-0.1, -0.05) is 25.0 Å². The number of benzene rings is 1. The van der Waals surface area contributed by atoms with E-state index < -0.39 is 32.3 Å². The van der Waals surface area contributed by atoms with Crippen LogP contribution in [0.3, 0.4) is 0 Å². The van der Waals surface area contributed by atoms with E-state index in [4.69, 9.17) is 0 Å². The molecule has 4 nitrogen and oxygen atoms in total. The molecule has 1 fully saturated rings. The van der Waals surface area contributed by atoms with Gasteiger partial charge in [0.05, 0.1) is 16.1 Å². The van der Waals surface area contributed by atoms with Crippen LogP contribution in [-0.2, 0) is 16.2 Å². The van der Waals surface area contributed by atoms with Crippen molar-refractivity contribution in [2.75, 3.05) is 6.54 Å². The molecule has 1 aromatic carbocycles. The zero-order valence-corrected chi connectivity index (χ0v) is 12.0. The van der Waals surface area contributed by atoms with Crippen LogP contribution < -0.4 is 4.72 Å². The van der Waals surface area contributed by atoms with Crippen LogP contribution in [0.25, 0.3) is 0 Å². The Balaban J connectivity index is 2.24. The van der Waals surface area contributed by atoms with Crippen LogP contribution in [0.1, 0.15) is 31.2 Å². The van der Waals surface area contributed by atoms with Crippen molar-refractivity contribution in [1.82, 2.24) is 4.72 Å². The molecule has 1 aliphatic carbocycles. The highest BCUT2D eigenvalue weighted by molar-refractivity contribution is 7.89. The zero-order chi connectivity index (χ0) is 15.7. The number of hydrogen-bond donors (Lipinski definition) is 2. The minimum absolute atomic E-state index is 0.276. The predicted molar refractivity (Wildman–Crippen MR) is 70.1 cm³/mol. The first-order valence-electron chi connectivity index (χ1n) is 6.52. The van der Waals surface area contributed by atoms with Gasteiger partial charge >= 0.3 is 6.18 Å². The third-order valence-corrected chi connectivity index (χ3v) is 5.07. The largest absolute Gasteiger partial charge is 0.417 e. The summed E-state index contributed by atoms with van der Waals surface area (Å²) in [6, 6.07) is 3.99. The second-order valence-electron chi connectivity index (χ2n) is 5.25. The van der Waals surface area contributed by atoms with E-state index in [1.165, 1.54) is 6.07 Å². The summed E-state index contributed by atoms with van der Waals surface area (Å²) in [4.78, 5) is -0.820. The monoisotopic (exact) mass is 323 g/mol. The Hall–Kier alpha value is -1.12. The third-order valence-electron chi connectivity index (χ3n) is 3.61. The summed E-state index contributed by atoms with van der Waals surface area (Å²) >= 11 is 0. The average molecular weight is 323 g/mol. The molecule has 0 amide bonds. The number of nitrogens with one attached hydrogen (secondary N) is 1. The van der Waals surface area contributed by atoms with Gasteiger partial charge in [0.2, 0.25) is 10.0 Å². The van der Waals surface area contributed by atoms with Gasteiger partial charge in [-0.3, -0.25) is 0 Å². The molecule has 0 spiro atoms. The molecule has 0 heterocycles. The Kier molecular flexibility index (Phi) is 4.32. The summed E-state index contributed by atoms with van der Waals surface area (Å²) < 4.78 is 64.8. The molecule has 0 radical (unpaired) electrons. The van der Waals surface area contributed by atoms with E-state index in [1.54, 1.807) is 0 Å². The van der Waals surface area contributed by atoms with Gasteiger partial charge in [-0.2, -0.15) is 13.2 Å². The van der Waals surface area contributed by atoms with Gasteiger partial charge in [-0.05, 0) is 25.0 Å². The maximum Gasteiger partial charge on any atom is 0.417 e. The predicted octanol–water partition coefficient (Wildman–Crippen LogP) is 2.29. The number of hydrogen-bond acceptors (Lipinski definition) is 3. The number of rotatable bonds is 4. The van der Waals surface area contributed by atoms with Gasteiger partial charge in [-0.15, -0.1) is 0 Å². The highest BCUT2D eigenvalue weighted by Crippen LogP contribution is 2.34. The van der Waals surface area contributed by atoms with Crippen LogP contribution >= 0.6 is 0 Å². The zero-order valence-electron chi connectivity index (χ0n) is 11.2. The lowest BCUT2D eigenvalue weighted by Gasteiger charge is -2.23. The second kappa shape index (κ2) is 5.58. The van der Waals surface area contributed by atoms with Gasteiger partial charge in [0.25, 0.3) is 0 Å². The number of sulfonamides is 1. The van der Waals surface area contributed by atoms with E-state index in [9.17, 15) is 26.7 Å². The van der Waals surface area contributed by atoms with Crippen LogP contribution in [0.15, 0.2) is 29.2 Å². The molecular formula is C13H16F3NO3S. The number of halogens is 3. The van der Waals surface area contributed by atoms with Gasteiger partial charge in [0.15, 0.2) is 0 Å². The van der Waals surface area contributed by atoms with Crippen LogP contribution in [0.4, 0.5) is 13.2 Å². The molecule has 1 saturated carbocycles.